The largest absolute Gasteiger partial charge is 1.00 e. The second-order valence-corrected chi connectivity index (χ2v) is 9.43. The van der Waals surface area contributed by atoms with Gasteiger partial charge in [-0.25, -0.2) is 0 Å². The van der Waals surface area contributed by atoms with E-state index in [1.54, 1.807) is 12.2 Å². The first-order valence-corrected chi connectivity index (χ1v) is 11.9. The first-order valence-electron chi connectivity index (χ1n) is 10.2. The Bertz CT molecular complexity index is 1130. The van der Waals surface area contributed by atoms with Crippen molar-refractivity contribution in [2.45, 2.75) is 6.42 Å². The SMILES string of the molecule is O=C1/C(=C/c2ccc([N+](=O)[O-])cc2)CN(CCCP(=O)([O-])[O-])C/C1=C\c1ccc([N+](=O)[O-])cc1.[Na+].[Na+]. The van der Waals surface area contributed by atoms with Crippen LogP contribution in [0.1, 0.15) is 17.5 Å². The molecule has 11 nitrogen and oxygen atoms in total. The normalized spacial score (nSPS) is 16.3. The average Bonchev–Trinajstić information content (AvgIpc) is 2.76. The van der Waals surface area contributed by atoms with Crippen molar-refractivity contribution in [2.75, 3.05) is 25.8 Å². The molecule has 0 spiro atoms. The van der Waals surface area contributed by atoms with Crippen molar-refractivity contribution in [1.29, 1.82) is 0 Å². The molecule has 0 N–H and O–H groups in total. The first kappa shape index (κ1) is 32.5. The van der Waals surface area contributed by atoms with E-state index in [-0.39, 0.29) is 102 Å². The molecule has 0 aromatic heterocycles. The quantitative estimate of drug-likeness (QED) is 0.109. The van der Waals surface area contributed by atoms with E-state index in [2.05, 4.69) is 0 Å². The van der Waals surface area contributed by atoms with Crippen molar-refractivity contribution in [3.8, 4) is 0 Å². The van der Waals surface area contributed by atoms with Gasteiger partial charge in [-0.3, -0.25) is 29.9 Å². The molecule has 0 unspecified atom stereocenters. The van der Waals surface area contributed by atoms with Crippen LogP contribution in [0.2, 0.25) is 0 Å². The fourth-order valence-corrected chi connectivity index (χ4v) is 4.07. The summed E-state index contributed by atoms with van der Waals surface area (Å²) in [6.45, 7) is 0.668. The van der Waals surface area contributed by atoms with Crippen LogP contribution in [-0.4, -0.2) is 46.3 Å². The van der Waals surface area contributed by atoms with Gasteiger partial charge in [-0.2, -0.15) is 0 Å². The summed E-state index contributed by atoms with van der Waals surface area (Å²) in [7, 11) is -4.64. The molecule has 0 atom stereocenters. The van der Waals surface area contributed by atoms with Gasteiger partial charge in [-0.1, -0.05) is 7.60 Å². The molecular weight excluding hydrogens is 511 g/mol. The zero-order valence-electron chi connectivity index (χ0n) is 19.9. The number of piperidine rings is 1. The van der Waals surface area contributed by atoms with Gasteiger partial charge in [0.1, 0.15) is 0 Å². The van der Waals surface area contributed by atoms with Gasteiger partial charge < -0.3 is 14.4 Å². The Morgan fingerprint density at radius 3 is 1.53 bits per heavy atom. The Kier molecular flexibility index (Phi) is 13.0. The number of nitrogens with zero attached hydrogens (tertiary/aromatic N) is 3. The third kappa shape index (κ3) is 9.75. The molecule has 178 valence electrons. The van der Waals surface area contributed by atoms with Crippen LogP contribution in [0.15, 0.2) is 59.7 Å². The van der Waals surface area contributed by atoms with Crippen LogP contribution >= 0.6 is 7.60 Å². The van der Waals surface area contributed by atoms with Gasteiger partial charge in [-0.15, -0.1) is 0 Å². The van der Waals surface area contributed by atoms with Gasteiger partial charge in [0.15, 0.2) is 5.78 Å². The zero-order chi connectivity index (χ0) is 24.9. The maximum absolute atomic E-state index is 13.1. The second-order valence-electron chi connectivity index (χ2n) is 7.76. The van der Waals surface area contributed by atoms with E-state index in [0.717, 1.165) is 0 Å². The van der Waals surface area contributed by atoms with E-state index < -0.39 is 23.6 Å². The number of ketones is 1. The maximum Gasteiger partial charge on any atom is 1.00 e. The summed E-state index contributed by atoms with van der Waals surface area (Å²) >= 11 is 0. The summed E-state index contributed by atoms with van der Waals surface area (Å²) in [6, 6.07) is 11.4. The fraction of sp³-hybridized carbons (Fsp3) is 0.227. The van der Waals surface area contributed by atoms with E-state index in [0.29, 0.717) is 22.3 Å². The molecule has 36 heavy (non-hydrogen) atoms. The summed E-state index contributed by atoms with van der Waals surface area (Å²) in [5.74, 6) is -0.258. The Balaban J connectivity index is 0.00000324. The molecule has 1 fully saturated rings. The van der Waals surface area contributed by atoms with Crippen LogP contribution in [0.4, 0.5) is 11.4 Å². The second kappa shape index (κ2) is 14.4. The predicted molar refractivity (Wildman–Crippen MR) is 121 cm³/mol. The standard InChI is InChI=1S/C22H22N3O8P.2Na/c26-22-18(12-16-2-6-20(7-3-16)24(27)28)14-23(10-1-11-34(31,32)33)15-19(22)13-17-4-8-21(9-5-17)25(29)30;;/h2-9,12-13H,1,10-11,14-15H2,(H2,31,32,33);;/q;2*+1/p-2/b18-12+,19-13+;;. The zero-order valence-corrected chi connectivity index (χ0v) is 24.8. The third-order valence-electron chi connectivity index (χ3n) is 5.17. The number of Topliss-reactive ketones (excluding diaryl/α,β-unsaturated/α-hetero) is 1. The van der Waals surface area contributed by atoms with Crippen LogP contribution in [0, 0.1) is 20.2 Å². The van der Waals surface area contributed by atoms with Crippen molar-refractivity contribution in [1.82, 2.24) is 4.90 Å². The molecule has 0 bridgehead atoms. The summed E-state index contributed by atoms with van der Waals surface area (Å²) in [5, 5.41) is 21.7. The molecule has 1 aliphatic heterocycles. The summed E-state index contributed by atoms with van der Waals surface area (Å²) in [5.41, 5.74) is 1.76. The number of carbonyl (C=O) groups is 1. The van der Waals surface area contributed by atoms with E-state index in [1.807, 2.05) is 4.90 Å². The Morgan fingerprint density at radius 1 is 0.806 bits per heavy atom. The molecule has 1 aliphatic rings. The minimum atomic E-state index is -4.64. The molecule has 1 saturated heterocycles. The minimum Gasteiger partial charge on any atom is -0.811 e. The Morgan fingerprint density at radius 2 is 1.19 bits per heavy atom. The van der Waals surface area contributed by atoms with Crippen LogP contribution in [0.5, 0.6) is 0 Å². The number of nitro groups is 2. The van der Waals surface area contributed by atoms with E-state index in [1.165, 1.54) is 48.5 Å². The smallest absolute Gasteiger partial charge is 0.811 e. The van der Waals surface area contributed by atoms with E-state index in [4.69, 9.17) is 0 Å². The van der Waals surface area contributed by atoms with Crippen molar-refractivity contribution < 1.29 is 88.1 Å². The van der Waals surface area contributed by atoms with E-state index >= 15 is 0 Å². The number of nitro benzene ring substituents is 2. The maximum atomic E-state index is 13.1. The summed E-state index contributed by atoms with van der Waals surface area (Å²) < 4.78 is 11.0. The first-order chi connectivity index (χ1) is 16.0. The molecule has 1 heterocycles. The number of non-ortho nitro benzene ring substituents is 2. The van der Waals surface area contributed by atoms with Gasteiger partial charge >= 0.3 is 59.1 Å². The van der Waals surface area contributed by atoms with Gasteiger partial charge in [0.2, 0.25) is 0 Å². The van der Waals surface area contributed by atoms with Gasteiger partial charge in [0, 0.05) is 48.5 Å². The monoisotopic (exact) mass is 531 g/mol. The number of rotatable bonds is 8. The van der Waals surface area contributed by atoms with Crippen LogP contribution in [0.3, 0.4) is 0 Å². The molecule has 0 aliphatic carbocycles. The number of hydrogen-bond donors (Lipinski definition) is 0. The van der Waals surface area contributed by atoms with Crippen molar-refractivity contribution in [2.24, 2.45) is 0 Å². The molecule has 2 aromatic carbocycles. The van der Waals surface area contributed by atoms with Crippen LogP contribution in [-0.2, 0) is 9.36 Å². The number of benzene rings is 2. The Labute approximate surface area is 251 Å². The van der Waals surface area contributed by atoms with Crippen molar-refractivity contribution in [3.63, 3.8) is 0 Å². The Hall–Kier alpha value is -1.50. The van der Waals surface area contributed by atoms with E-state index in [9.17, 15) is 39.4 Å². The molecule has 14 heteroatoms. The molecule has 3 rings (SSSR count). The van der Waals surface area contributed by atoms with Gasteiger partial charge in [-0.05, 0) is 66.7 Å². The van der Waals surface area contributed by atoms with Crippen LogP contribution < -0.4 is 68.9 Å². The molecule has 0 saturated carbocycles. The summed E-state index contributed by atoms with van der Waals surface area (Å²) in [6.07, 6.45) is 2.82. The minimum absolute atomic E-state index is 0. The number of likely N-dealkylation sites (tertiary alicyclic amines) is 1. The molecular formula is C22H20N3Na2O8P. The topological polar surface area (TPSA) is 170 Å². The van der Waals surface area contributed by atoms with Crippen molar-refractivity contribution >= 4 is 36.9 Å². The predicted octanol–water partition coefficient (Wildman–Crippen LogP) is -3.83. The molecule has 2 aromatic rings. The number of hydrogen-bond acceptors (Lipinski definition) is 9. The van der Waals surface area contributed by atoms with Crippen LogP contribution in [0.25, 0.3) is 12.2 Å². The number of carbonyl (C=O) groups excluding carboxylic acids is 1. The molecule has 0 radical (unpaired) electrons. The fourth-order valence-electron chi connectivity index (χ4n) is 3.54. The van der Waals surface area contributed by atoms with Crippen molar-refractivity contribution in [3.05, 3.63) is 91.0 Å². The molecule has 0 amide bonds. The third-order valence-corrected chi connectivity index (χ3v) is 6.03. The summed E-state index contributed by atoms with van der Waals surface area (Å²) in [4.78, 5) is 57.6. The van der Waals surface area contributed by atoms with Gasteiger partial charge in [0.05, 0.1) is 9.85 Å². The van der Waals surface area contributed by atoms with Gasteiger partial charge in [0.25, 0.3) is 11.4 Å². The average molecular weight is 531 g/mol.